The largest absolute Gasteiger partial charge is 2.00 e. The summed E-state index contributed by atoms with van der Waals surface area (Å²) in [7, 11) is 0. The summed E-state index contributed by atoms with van der Waals surface area (Å²) in [6, 6.07) is 11.6. The summed E-state index contributed by atoms with van der Waals surface area (Å²) in [5, 5.41) is 0. The molecule has 0 aromatic carbocycles. The van der Waals surface area contributed by atoms with Crippen LogP contribution in [0.3, 0.4) is 0 Å². The molecule has 72 valence electrons. The molecule has 0 saturated heterocycles. The van der Waals surface area contributed by atoms with E-state index in [0.717, 1.165) is 11.4 Å². The number of aromatic nitrogens is 2. The third-order valence-corrected chi connectivity index (χ3v) is 1.67. The van der Waals surface area contributed by atoms with Crippen molar-refractivity contribution in [3.8, 4) is 0 Å². The molecular weight excluding hydrogens is 238 g/mol. The van der Waals surface area contributed by atoms with E-state index in [9.17, 15) is 0 Å². The Balaban J connectivity index is 0.000000980. The van der Waals surface area contributed by atoms with Gasteiger partial charge in [0.15, 0.2) is 0 Å². The van der Waals surface area contributed by atoms with E-state index in [4.69, 9.17) is 0 Å². The van der Waals surface area contributed by atoms with Crippen LogP contribution in [0.5, 0.6) is 0 Å². The van der Waals surface area contributed by atoms with E-state index in [1.54, 1.807) is 12.4 Å². The Morgan fingerprint density at radius 1 is 0.800 bits per heavy atom. The number of nitrogens with zero attached hydrogens (tertiary/aromatic N) is 2. The Hall–Kier alpha value is -1.21. The van der Waals surface area contributed by atoms with E-state index in [0.29, 0.717) is 0 Å². The van der Waals surface area contributed by atoms with Gasteiger partial charge >= 0.3 is 19.5 Å². The smallest absolute Gasteiger partial charge is 0.358 e. The third-order valence-electron chi connectivity index (χ3n) is 1.67. The van der Waals surface area contributed by atoms with E-state index in [-0.39, 0.29) is 26.9 Å². The Morgan fingerprint density at radius 2 is 1.27 bits per heavy atom. The molecule has 2 aromatic rings. The fourth-order valence-electron chi connectivity index (χ4n) is 1.07. The first-order valence-corrected chi connectivity index (χ1v) is 4.12. The standard InChI is InChI=1S/C11H9N2.CH3.Zn/c1-3-7-12-10(5-1)9-11-6-2-4-8-13-11;;/h1-9H;1H3;/q2*-1;+2. The van der Waals surface area contributed by atoms with Crippen LogP contribution in [-0.4, -0.2) is 9.97 Å². The Bertz CT molecular complexity index is 324. The molecule has 0 aliphatic rings. The minimum absolute atomic E-state index is 0. The minimum Gasteiger partial charge on any atom is -0.358 e. The van der Waals surface area contributed by atoms with Crippen LogP contribution < -0.4 is 0 Å². The van der Waals surface area contributed by atoms with E-state index in [2.05, 4.69) is 9.97 Å². The van der Waals surface area contributed by atoms with E-state index < -0.39 is 0 Å². The molecule has 2 rings (SSSR count). The van der Waals surface area contributed by atoms with Gasteiger partial charge in [0.25, 0.3) is 0 Å². The Morgan fingerprint density at radius 3 is 1.60 bits per heavy atom. The second-order valence-electron chi connectivity index (χ2n) is 2.65. The molecule has 3 heteroatoms. The molecule has 0 unspecified atom stereocenters. The summed E-state index contributed by atoms with van der Waals surface area (Å²) in [5.74, 6) is 0. The molecule has 0 aliphatic carbocycles. The predicted molar refractivity (Wildman–Crippen MR) is 57.4 cm³/mol. The topological polar surface area (TPSA) is 25.8 Å². The van der Waals surface area contributed by atoms with Crippen molar-refractivity contribution in [2.75, 3.05) is 0 Å². The van der Waals surface area contributed by atoms with Gasteiger partial charge in [-0.2, -0.15) is 0 Å². The summed E-state index contributed by atoms with van der Waals surface area (Å²) < 4.78 is 0. The quantitative estimate of drug-likeness (QED) is 0.604. The van der Waals surface area contributed by atoms with Gasteiger partial charge < -0.3 is 7.43 Å². The Kier molecular flexibility index (Phi) is 6.56. The number of hydrogen-bond acceptors (Lipinski definition) is 2. The molecule has 15 heavy (non-hydrogen) atoms. The number of pyridine rings is 2. The molecular formula is C12H12N2Zn. The van der Waals surface area contributed by atoms with Crippen LogP contribution in [0, 0.1) is 13.8 Å². The first-order valence-electron chi connectivity index (χ1n) is 4.12. The molecule has 2 heterocycles. The second kappa shape index (κ2) is 7.13. The van der Waals surface area contributed by atoms with Gasteiger partial charge in [0.2, 0.25) is 0 Å². The van der Waals surface area contributed by atoms with Crippen LogP contribution in [0.2, 0.25) is 0 Å². The van der Waals surface area contributed by atoms with Gasteiger partial charge in [0.1, 0.15) is 0 Å². The molecule has 0 amide bonds. The maximum atomic E-state index is 4.18. The van der Waals surface area contributed by atoms with E-state index in [1.807, 2.05) is 42.8 Å². The number of rotatable bonds is 2. The van der Waals surface area contributed by atoms with Crippen LogP contribution >= 0.6 is 0 Å². The van der Waals surface area contributed by atoms with Gasteiger partial charge in [0.05, 0.1) is 0 Å². The van der Waals surface area contributed by atoms with Gasteiger partial charge in [-0.15, -0.1) is 30.7 Å². The maximum Gasteiger partial charge on any atom is 2.00 e. The first kappa shape index (κ1) is 13.8. The molecule has 2 aromatic heterocycles. The van der Waals surface area contributed by atoms with Crippen molar-refractivity contribution in [3.63, 3.8) is 0 Å². The molecule has 0 saturated carbocycles. The molecule has 2 nitrogen and oxygen atoms in total. The van der Waals surface area contributed by atoms with Crippen LogP contribution in [0.4, 0.5) is 0 Å². The average Bonchev–Trinajstić information content (AvgIpc) is 2.21. The van der Waals surface area contributed by atoms with Gasteiger partial charge in [-0.3, -0.25) is 9.97 Å². The summed E-state index contributed by atoms with van der Waals surface area (Å²) in [6.45, 7) is 0. The zero-order valence-electron chi connectivity index (χ0n) is 8.80. The molecule has 0 aliphatic heterocycles. The molecule has 0 radical (unpaired) electrons. The fraction of sp³-hybridized carbons (Fsp3) is 0. The van der Waals surface area contributed by atoms with Crippen molar-refractivity contribution in [2.24, 2.45) is 0 Å². The summed E-state index contributed by atoms with van der Waals surface area (Å²) in [5.41, 5.74) is 1.86. The monoisotopic (exact) mass is 248 g/mol. The first-order chi connectivity index (χ1) is 6.45. The third kappa shape index (κ3) is 4.22. The van der Waals surface area contributed by atoms with Gasteiger partial charge in [-0.25, -0.2) is 0 Å². The van der Waals surface area contributed by atoms with Gasteiger partial charge in [0, 0.05) is 12.4 Å². The fourth-order valence-corrected chi connectivity index (χ4v) is 1.07. The maximum absolute atomic E-state index is 4.18. The SMILES string of the molecule is [CH3-].[Zn+2].c1ccc([CH-]c2ccccn2)nc1. The van der Waals surface area contributed by atoms with Gasteiger partial charge in [-0.1, -0.05) is 12.1 Å². The summed E-state index contributed by atoms with van der Waals surface area (Å²) >= 11 is 0. The van der Waals surface area contributed by atoms with Crippen molar-refractivity contribution in [1.82, 2.24) is 9.97 Å². The van der Waals surface area contributed by atoms with E-state index >= 15 is 0 Å². The molecule has 0 N–H and O–H groups in total. The molecule has 0 atom stereocenters. The zero-order valence-corrected chi connectivity index (χ0v) is 11.8. The van der Waals surface area contributed by atoms with Crippen LogP contribution in [-0.2, 0) is 19.5 Å². The summed E-state index contributed by atoms with van der Waals surface area (Å²) in [6.07, 6.45) is 5.49. The molecule has 0 fully saturated rings. The predicted octanol–water partition coefficient (Wildman–Crippen LogP) is 2.53. The van der Waals surface area contributed by atoms with Crippen LogP contribution in [0.1, 0.15) is 11.4 Å². The van der Waals surface area contributed by atoms with E-state index in [1.165, 1.54) is 0 Å². The average molecular weight is 250 g/mol. The minimum atomic E-state index is 0. The van der Waals surface area contributed by atoms with Crippen LogP contribution in [0.15, 0.2) is 48.8 Å². The molecule has 0 spiro atoms. The molecule has 0 bridgehead atoms. The van der Waals surface area contributed by atoms with Gasteiger partial charge in [-0.05, 0) is 11.4 Å². The second-order valence-corrected chi connectivity index (χ2v) is 2.65. The van der Waals surface area contributed by atoms with Crippen molar-refractivity contribution in [2.45, 2.75) is 0 Å². The van der Waals surface area contributed by atoms with Crippen LogP contribution in [0.25, 0.3) is 0 Å². The van der Waals surface area contributed by atoms with Crippen molar-refractivity contribution < 1.29 is 19.5 Å². The number of hydrogen-bond donors (Lipinski definition) is 0. The normalized spacial score (nSPS) is 8.27. The Labute approximate surface area is 104 Å². The zero-order chi connectivity index (χ0) is 8.93. The van der Waals surface area contributed by atoms with Crippen molar-refractivity contribution in [3.05, 3.63) is 74.0 Å². The summed E-state index contributed by atoms with van der Waals surface area (Å²) in [4.78, 5) is 8.36. The van der Waals surface area contributed by atoms with Crippen molar-refractivity contribution >= 4 is 0 Å². The van der Waals surface area contributed by atoms with Crippen molar-refractivity contribution in [1.29, 1.82) is 0 Å².